The molecule has 0 aromatic carbocycles. The van der Waals surface area contributed by atoms with Gasteiger partial charge in [0, 0.05) is 26.9 Å². The number of nitrogens with zero attached hydrogens (tertiary/aromatic N) is 1. The first-order chi connectivity index (χ1) is 5.33. The zero-order chi connectivity index (χ0) is 9.78. The molecule has 0 N–H and O–H groups in total. The average Bonchev–Trinajstić information content (AvgIpc) is 1.84. The highest BCUT2D eigenvalue weighted by molar-refractivity contribution is 5.72. The molecule has 0 aliphatic rings. The molecular formula is C7H12F3NO. The second-order valence-electron chi connectivity index (χ2n) is 2.66. The molecule has 0 aliphatic heterocycles. The Morgan fingerprint density at radius 1 is 1.42 bits per heavy atom. The smallest absolute Gasteiger partial charge is 0.346 e. The van der Waals surface area contributed by atoms with Crippen LogP contribution in [0.5, 0.6) is 0 Å². The fourth-order valence-corrected chi connectivity index (χ4v) is 0.674. The van der Waals surface area contributed by atoms with Gasteiger partial charge in [0.25, 0.3) is 0 Å². The van der Waals surface area contributed by atoms with Crippen molar-refractivity contribution < 1.29 is 18.0 Å². The van der Waals surface area contributed by atoms with Crippen LogP contribution in [0.1, 0.15) is 19.8 Å². The highest BCUT2D eigenvalue weighted by atomic mass is 19.4. The van der Waals surface area contributed by atoms with Gasteiger partial charge < -0.3 is 4.90 Å². The normalized spacial score (nSPS) is 11.4. The van der Waals surface area contributed by atoms with E-state index in [-0.39, 0.29) is 18.9 Å². The fraction of sp³-hybridized carbons (Fsp3) is 0.857. The number of amides is 1. The number of hydrogen-bond acceptors (Lipinski definition) is 1. The summed E-state index contributed by atoms with van der Waals surface area (Å²) in [6.07, 6.45) is -4.97. The van der Waals surface area contributed by atoms with Crippen molar-refractivity contribution in [2.75, 3.05) is 13.6 Å². The molecule has 0 rings (SSSR count). The lowest BCUT2D eigenvalue weighted by atomic mass is 10.3. The van der Waals surface area contributed by atoms with Crippen molar-refractivity contribution in [1.82, 2.24) is 4.90 Å². The Labute approximate surface area is 69.3 Å². The number of alkyl halides is 3. The van der Waals surface area contributed by atoms with Crippen molar-refractivity contribution in [1.29, 1.82) is 0 Å². The quantitative estimate of drug-likeness (QED) is 0.653. The topological polar surface area (TPSA) is 20.3 Å². The maximum absolute atomic E-state index is 11.6. The van der Waals surface area contributed by atoms with Gasteiger partial charge in [0.2, 0.25) is 5.91 Å². The Morgan fingerprint density at radius 3 is 2.25 bits per heavy atom. The van der Waals surface area contributed by atoms with E-state index in [1.807, 2.05) is 0 Å². The lowest BCUT2D eigenvalue weighted by molar-refractivity contribution is -0.139. The Balaban J connectivity index is 3.51. The SMILES string of the molecule is CC(=O)N(C)CCCC(F)(F)F. The van der Waals surface area contributed by atoms with E-state index in [1.165, 1.54) is 18.9 Å². The molecule has 0 bridgehead atoms. The Morgan fingerprint density at radius 2 is 1.92 bits per heavy atom. The summed E-state index contributed by atoms with van der Waals surface area (Å²) in [6, 6.07) is 0. The van der Waals surface area contributed by atoms with Crippen molar-refractivity contribution in [3.05, 3.63) is 0 Å². The van der Waals surface area contributed by atoms with Crippen molar-refractivity contribution in [2.24, 2.45) is 0 Å². The van der Waals surface area contributed by atoms with E-state index in [2.05, 4.69) is 0 Å². The van der Waals surface area contributed by atoms with Crippen LogP contribution >= 0.6 is 0 Å². The molecule has 1 amide bonds. The van der Waals surface area contributed by atoms with Crippen molar-refractivity contribution >= 4 is 5.91 Å². The third-order valence-electron chi connectivity index (χ3n) is 1.49. The molecule has 72 valence electrons. The Hall–Kier alpha value is -0.740. The zero-order valence-electron chi connectivity index (χ0n) is 7.11. The minimum atomic E-state index is -4.11. The third kappa shape index (κ3) is 6.00. The van der Waals surface area contributed by atoms with Gasteiger partial charge in [0.15, 0.2) is 0 Å². The maximum atomic E-state index is 11.6. The number of halogens is 3. The highest BCUT2D eigenvalue weighted by Gasteiger charge is 2.26. The molecule has 0 spiro atoms. The summed E-state index contributed by atoms with van der Waals surface area (Å²) in [6.45, 7) is 1.49. The van der Waals surface area contributed by atoms with Crippen molar-refractivity contribution in [3.63, 3.8) is 0 Å². The first-order valence-corrected chi connectivity index (χ1v) is 3.61. The third-order valence-corrected chi connectivity index (χ3v) is 1.49. The second kappa shape index (κ2) is 4.33. The lowest BCUT2D eigenvalue weighted by Crippen LogP contribution is -2.25. The van der Waals surface area contributed by atoms with Gasteiger partial charge in [-0.15, -0.1) is 0 Å². The molecule has 0 unspecified atom stereocenters. The van der Waals surface area contributed by atoms with Crippen LogP contribution in [0.2, 0.25) is 0 Å². The fourth-order valence-electron chi connectivity index (χ4n) is 0.674. The van der Waals surface area contributed by atoms with Gasteiger partial charge >= 0.3 is 6.18 Å². The van der Waals surface area contributed by atoms with E-state index in [0.717, 1.165) is 0 Å². The number of rotatable bonds is 3. The van der Waals surface area contributed by atoms with E-state index in [9.17, 15) is 18.0 Å². The van der Waals surface area contributed by atoms with Crippen molar-refractivity contribution in [3.8, 4) is 0 Å². The van der Waals surface area contributed by atoms with E-state index in [0.29, 0.717) is 0 Å². The molecule has 0 fully saturated rings. The first kappa shape index (κ1) is 11.3. The molecule has 0 atom stereocenters. The number of carbonyl (C=O) groups excluding carboxylic acids is 1. The van der Waals surface area contributed by atoms with E-state index >= 15 is 0 Å². The van der Waals surface area contributed by atoms with Gasteiger partial charge in [-0.2, -0.15) is 13.2 Å². The number of carbonyl (C=O) groups is 1. The van der Waals surface area contributed by atoms with Gasteiger partial charge in [-0.1, -0.05) is 0 Å². The Kier molecular flexibility index (Phi) is 4.06. The van der Waals surface area contributed by atoms with Crippen LogP contribution in [0.15, 0.2) is 0 Å². The summed E-state index contributed by atoms with van der Waals surface area (Å²) in [5.74, 6) is -0.211. The summed E-state index contributed by atoms with van der Waals surface area (Å²) in [5, 5.41) is 0. The molecule has 12 heavy (non-hydrogen) atoms. The first-order valence-electron chi connectivity index (χ1n) is 3.61. The summed E-state index contributed by atoms with van der Waals surface area (Å²) >= 11 is 0. The monoisotopic (exact) mass is 183 g/mol. The van der Waals surface area contributed by atoms with Gasteiger partial charge in [-0.25, -0.2) is 0 Å². The predicted octanol–water partition coefficient (Wildman–Crippen LogP) is 1.81. The van der Waals surface area contributed by atoms with Crippen LogP contribution in [0.25, 0.3) is 0 Å². The van der Waals surface area contributed by atoms with Gasteiger partial charge in [-0.05, 0) is 6.42 Å². The van der Waals surface area contributed by atoms with Crippen LogP contribution < -0.4 is 0 Å². The van der Waals surface area contributed by atoms with Crippen LogP contribution in [-0.4, -0.2) is 30.6 Å². The molecule has 0 aromatic rings. The average molecular weight is 183 g/mol. The van der Waals surface area contributed by atoms with Gasteiger partial charge in [0.05, 0.1) is 0 Å². The molecular weight excluding hydrogens is 171 g/mol. The molecule has 0 saturated carbocycles. The molecule has 2 nitrogen and oxygen atoms in total. The van der Waals surface area contributed by atoms with E-state index < -0.39 is 12.6 Å². The van der Waals surface area contributed by atoms with Crippen LogP contribution in [0.4, 0.5) is 13.2 Å². The molecule has 0 radical (unpaired) electrons. The minimum absolute atomic E-state index is 0.0282. The molecule has 0 aliphatic carbocycles. The van der Waals surface area contributed by atoms with E-state index in [4.69, 9.17) is 0 Å². The maximum Gasteiger partial charge on any atom is 0.389 e. The second-order valence-corrected chi connectivity index (χ2v) is 2.66. The summed E-state index contributed by atoms with van der Waals surface area (Å²) in [4.78, 5) is 11.8. The highest BCUT2D eigenvalue weighted by Crippen LogP contribution is 2.21. The van der Waals surface area contributed by atoms with E-state index in [1.54, 1.807) is 0 Å². The molecule has 0 heterocycles. The zero-order valence-corrected chi connectivity index (χ0v) is 7.11. The summed E-state index contributed by atoms with van der Waals surface area (Å²) in [5.41, 5.74) is 0. The predicted molar refractivity (Wildman–Crippen MR) is 38.6 cm³/mol. The molecule has 0 saturated heterocycles. The summed E-state index contributed by atoms with van der Waals surface area (Å²) in [7, 11) is 1.48. The number of hydrogen-bond donors (Lipinski definition) is 0. The van der Waals surface area contributed by atoms with Crippen LogP contribution in [0.3, 0.4) is 0 Å². The molecule has 5 heteroatoms. The lowest BCUT2D eigenvalue weighted by Gasteiger charge is -2.14. The Bertz CT molecular complexity index is 155. The van der Waals surface area contributed by atoms with Crippen molar-refractivity contribution in [2.45, 2.75) is 25.9 Å². The van der Waals surface area contributed by atoms with Gasteiger partial charge in [0.1, 0.15) is 0 Å². The standard InChI is InChI=1S/C7H12F3NO/c1-6(12)11(2)5-3-4-7(8,9)10/h3-5H2,1-2H3. The van der Waals surface area contributed by atoms with Crippen LogP contribution in [0, 0.1) is 0 Å². The van der Waals surface area contributed by atoms with Crippen LogP contribution in [-0.2, 0) is 4.79 Å². The summed E-state index contributed by atoms with van der Waals surface area (Å²) < 4.78 is 34.8. The van der Waals surface area contributed by atoms with Gasteiger partial charge in [-0.3, -0.25) is 4.79 Å². The minimum Gasteiger partial charge on any atom is -0.346 e. The molecule has 0 aromatic heterocycles. The largest absolute Gasteiger partial charge is 0.389 e.